The highest BCUT2D eigenvalue weighted by atomic mass is 32.1. The Kier molecular flexibility index (Phi) is 5.97. The van der Waals surface area contributed by atoms with E-state index in [2.05, 4.69) is 10.6 Å². The van der Waals surface area contributed by atoms with Gasteiger partial charge >= 0.3 is 0 Å². The van der Waals surface area contributed by atoms with Crippen LogP contribution in [0.5, 0.6) is 5.75 Å². The maximum absolute atomic E-state index is 12.8. The third-order valence-corrected chi connectivity index (χ3v) is 3.05. The molecule has 2 aromatic rings. The fraction of sp³-hybridized carbons (Fsp3) is 0.188. The standard InChI is InChI=1S/C16H17FN2OS/c17-14-8-6-13(7-9-14)12-19-16(21)18-10-11-20-15-4-2-1-3-5-15/h1-9H,10-12H2,(H2,18,19,21). The van der Waals surface area contributed by atoms with Crippen molar-refractivity contribution in [1.82, 2.24) is 10.6 Å². The number of thiocarbonyl (C=S) groups is 1. The molecule has 5 heteroatoms. The van der Waals surface area contributed by atoms with Gasteiger partial charge in [0.25, 0.3) is 0 Å². The number of para-hydroxylation sites is 1. The highest BCUT2D eigenvalue weighted by molar-refractivity contribution is 7.80. The van der Waals surface area contributed by atoms with E-state index in [9.17, 15) is 4.39 Å². The molecule has 0 heterocycles. The van der Waals surface area contributed by atoms with Crippen molar-refractivity contribution in [2.45, 2.75) is 6.54 Å². The molecule has 2 N–H and O–H groups in total. The molecule has 0 spiro atoms. The second-order valence-electron chi connectivity index (χ2n) is 4.40. The van der Waals surface area contributed by atoms with Gasteiger partial charge in [0.2, 0.25) is 0 Å². The molecule has 2 rings (SSSR count). The van der Waals surface area contributed by atoms with E-state index in [4.69, 9.17) is 17.0 Å². The van der Waals surface area contributed by atoms with Crippen LogP contribution in [-0.2, 0) is 6.54 Å². The Bertz CT molecular complexity index is 560. The summed E-state index contributed by atoms with van der Waals surface area (Å²) in [5, 5.41) is 6.67. The van der Waals surface area contributed by atoms with Gasteiger partial charge in [-0.2, -0.15) is 0 Å². The number of halogens is 1. The Labute approximate surface area is 129 Å². The first-order valence-corrected chi connectivity index (χ1v) is 7.09. The molecule has 0 aliphatic heterocycles. The van der Waals surface area contributed by atoms with E-state index >= 15 is 0 Å². The van der Waals surface area contributed by atoms with Crippen molar-refractivity contribution in [2.24, 2.45) is 0 Å². The minimum absolute atomic E-state index is 0.238. The second-order valence-corrected chi connectivity index (χ2v) is 4.81. The summed E-state index contributed by atoms with van der Waals surface area (Å²) in [5.41, 5.74) is 0.973. The average molecular weight is 304 g/mol. The van der Waals surface area contributed by atoms with Crippen LogP contribution in [0.2, 0.25) is 0 Å². The van der Waals surface area contributed by atoms with Crippen molar-refractivity contribution in [3.63, 3.8) is 0 Å². The first-order chi connectivity index (χ1) is 10.2. The summed E-state index contributed by atoms with van der Waals surface area (Å²) >= 11 is 5.16. The zero-order valence-electron chi connectivity index (χ0n) is 11.5. The van der Waals surface area contributed by atoms with E-state index in [0.29, 0.717) is 24.8 Å². The van der Waals surface area contributed by atoms with Gasteiger partial charge < -0.3 is 15.4 Å². The molecule has 3 nitrogen and oxygen atoms in total. The third kappa shape index (κ3) is 5.79. The van der Waals surface area contributed by atoms with Gasteiger partial charge in [-0.15, -0.1) is 0 Å². The van der Waals surface area contributed by atoms with Gasteiger partial charge in [0.1, 0.15) is 18.2 Å². The Morgan fingerprint density at radius 3 is 2.43 bits per heavy atom. The lowest BCUT2D eigenvalue weighted by atomic mass is 10.2. The SMILES string of the molecule is Fc1ccc(CNC(=S)NCCOc2ccccc2)cc1. The number of benzene rings is 2. The molecule has 0 saturated carbocycles. The minimum atomic E-state index is -0.238. The normalized spacial score (nSPS) is 9.95. The highest BCUT2D eigenvalue weighted by Crippen LogP contribution is 2.07. The van der Waals surface area contributed by atoms with Crippen LogP contribution in [0.3, 0.4) is 0 Å². The smallest absolute Gasteiger partial charge is 0.166 e. The zero-order valence-corrected chi connectivity index (χ0v) is 12.3. The van der Waals surface area contributed by atoms with Crippen molar-refractivity contribution >= 4 is 17.3 Å². The molecule has 0 aromatic heterocycles. The summed E-state index contributed by atoms with van der Waals surface area (Å²) < 4.78 is 18.3. The van der Waals surface area contributed by atoms with E-state index in [1.807, 2.05) is 30.3 Å². The van der Waals surface area contributed by atoms with Crippen LogP contribution < -0.4 is 15.4 Å². The number of ether oxygens (including phenoxy) is 1. The molecular formula is C16H17FN2OS. The molecule has 0 aliphatic carbocycles. The lowest BCUT2D eigenvalue weighted by molar-refractivity contribution is 0.322. The molecule has 0 aliphatic rings. The lowest BCUT2D eigenvalue weighted by Crippen LogP contribution is -2.37. The first kappa shape index (κ1) is 15.3. The van der Waals surface area contributed by atoms with Gasteiger partial charge in [-0.25, -0.2) is 4.39 Å². The molecule has 0 atom stereocenters. The number of hydrogen-bond donors (Lipinski definition) is 2. The van der Waals surface area contributed by atoms with Gasteiger partial charge in [0, 0.05) is 6.54 Å². The zero-order chi connectivity index (χ0) is 14.9. The lowest BCUT2D eigenvalue weighted by Gasteiger charge is -2.11. The quantitative estimate of drug-likeness (QED) is 0.635. The van der Waals surface area contributed by atoms with Crippen molar-refractivity contribution in [3.05, 3.63) is 66.0 Å². The Morgan fingerprint density at radius 1 is 1.00 bits per heavy atom. The fourth-order valence-electron chi connectivity index (χ4n) is 1.70. The molecule has 0 radical (unpaired) electrons. The van der Waals surface area contributed by atoms with Crippen molar-refractivity contribution in [1.29, 1.82) is 0 Å². The Hall–Kier alpha value is -2.14. The van der Waals surface area contributed by atoms with Crippen LogP contribution in [0.25, 0.3) is 0 Å². The monoisotopic (exact) mass is 304 g/mol. The summed E-state index contributed by atoms with van der Waals surface area (Å²) in [5.74, 6) is 0.599. The van der Waals surface area contributed by atoms with Crippen LogP contribution in [0.15, 0.2) is 54.6 Å². The van der Waals surface area contributed by atoms with Crippen LogP contribution in [0, 0.1) is 5.82 Å². The molecular weight excluding hydrogens is 287 g/mol. The predicted molar refractivity (Wildman–Crippen MR) is 85.8 cm³/mol. The highest BCUT2D eigenvalue weighted by Gasteiger charge is 1.97. The third-order valence-electron chi connectivity index (χ3n) is 2.77. The molecule has 2 aromatic carbocycles. The number of rotatable bonds is 6. The largest absolute Gasteiger partial charge is 0.492 e. The van der Waals surface area contributed by atoms with Crippen molar-refractivity contribution in [3.8, 4) is 5.75 Å². The van der Waals surface area contributed by atoms with Crippen LogP contribution >= 0.6 is 12.2 Å². The van der Waals surface area contributed by atoms with Crippen molar-refractivity contribution < 1.29 is 9.13 Å². The molecule has 0 unspecified atom stereocenters. The molecule has 0 fully saturated rings. The molecule has 21 heavy (non-hydrogen) atoms. The van der Waals surface area contributed by atoms with Gasteiger partial charge in [0.15, 0.2) is 5.11 Å². The number of hydrogen-bond acceptors (Lipinski definition) is 2. The Balaban J connectivity index is 1.60. The maximum Gasteiger partial charge on any atom is 0.166 e. The molecule has 0 bridgehead atoms. The summed E-state index contributed by atoms with van der Waals surface area (Å²) in [6.45, 7) is 1.71. The van der Waals surface area contributed by atoms with Gasteiger partial charge in [-0.3, -0.25) is 0 Å². The van der Waals surface area contributed by atoms with E-state index < -0.39 is 0 Å². The molecule has 0 amide bonds. The van der Waals surface area contributed by atoms with E-state index in [0.717, 1.165) is 11.3 Å². The minimum Gasteiger partial charge on any atom is -0.492 e. The van der Waals surface area contributed by atoms with E-state index in [1.54, 1.807) is 12.1 Å². The van der Waals surface area contributed by atoms with E-state index in [1.165, 1.54) is 12.1 Å². The summed E-state index contributed by atoms with van der Waals surface area (Å²) in [6, 6.07) is 15.9. The summed E-state index contributed by atoms with van der Waals surface area (Å²) in [4.78, 5) is 0. The first-order valence-electron chi connectivity index (χ1n) is 6.68. The summed E-state index contributed by atoms with van der Waals surface area (Å²) in [6.07, 6.45) is 0. The Morgan fingerprint density at radius 2 is 1.71 bits per heavy atom. The van der Waals surface area contributed by atoms with Crippen LogP contribution in [0.4, 0.5) is 4.39 Å². The van der Waals surface area contributed by atoms with Crippen LogP contribution in [0.1, 0.15) is 5.56 Å². The van der Waals surface area contributed by atoms with Gasteiger partial charge in [-0.1, -0.05) is 30.3 Å². The van der Waals surface area contributed by atoms with Crippen molar-refractivity contribution in [2.75, 3.05) is 13.2 Å². The maximum atomic E-state index is 12.8. The number of nitrogens with one attached hydrogen (secondary N) is 2. The fourth-order valence-corrected chi connectivity index (χ4v) is 1.87. The predicted octanol–water partition coefficient (Wildman–Crippen LogP) is 2.87. The second kappa shape index (κ2) is 8.21. The van der Waals surface area contributed by atoms with Gasteiger partial charge in [-0.05, 0) is 42.0 Å². The molecule has 0 saturated heterocycles. The topological polar surface area (TPSA) is 33.3 Å². The van der Waals surface area contributed by atoms with Crippen LogP contribution in [-0.4, -0.2) is 18.3 Å². The summed E-state index contributed by atoms with van der Waals surface area (Å²) in [7, 11) is 0. The average Bonchev–Trinajstić information content (AvgIpc) is 2.52. The molecule has 110 valence electrons. The van der Waals surface area contributed by atoms with E-state index in [-0.39, 0.29) is 5.82 Å². The van der Waals surface area contributed by atoms with Gasteiger partial charge in [0.05, 0.1) is 6.54 Å².